The van der Waals surface area contributed by atoms with E-state index in [-0.39, 0.29) is 11.5 Å². The number of fused-ring (bicyclic) bond motifs is 2. The van der Waals surface area contributed by atoms with E-state index >= 15 is 0 Å². The highest BCUT2D eigenvalue weighted by atomic mass is 28.3. The average molecular weight is 327 g/mol. The van der Waals surface area contributed by atoms with Gasteiger partial charge in [-0.2, -0.15) is 0 Å². The summed E-state index contributed by atoms with van der Waals surface area (Å²) in [6.45, 7) is 4.39. The third kappa shape index (κ3) is 2.15. The molecule has 0 saturated heterocycles. The maximum atomic E-state index is 12.9. The number of rotatable bonds is 2. The summed E-state index contributed by atoms with van der Waals surface area (Å²) in [5.74, 6) is 0.533. The molecule has 1 heterocycles. The molecule has 0 atom stereocenters. The van der Waals surface area contributed by atoms with Crippen molar-refractivity contribution in [2.24, 2.45) is 0 Å². The van der Waals surface area contributed by atoms with Crippen molar-refractivity contribution in [1.82, 2.24) is 0 Å². The summed E-state index contributed by atoms with van der Waals surface area (Å²) in [7, 11) is 3.33. The van der Waals surface area contributed by atoms with E-state index in [1.165, 1.54) is 7.11 Å². The fraction of sp³-hybridized carbons (Fsp3) is 0.278. The van der Waals surface area contributed by atoms with Gasteiger partial charge in [0.2, 0.25) is 0 Å². The Kier molecular flexibility index (Phi) is 3.48. The predicted molar refractivity (Wildman–Crippen MR) is 95.6 cm³/mol. The molecule has 2 aromatic carbocycles. The number of anilines is 1. The molecule has 1 aliphatic rings. The van der Waals surface area contributed by atoms with Crippen LogP contribution in [0.3, 0.4) is 0 Å². The van der Waals surface area contributed by atoms with Gasteiger partial charge in [-0.1, -0.05) is 13.1 Å². The van der Waals surface area contributed by atoms with Crippen LogP contribution in [0.4, 0.5) is 5.69 Å². The summed E-state index contributed by atoms with van der Waals surface area (Å²) < 4.78 is 5.44. The van der Waals surface area contributed by atoms with Gasteiger partial charge < -0.3 is 14.7 Å². The molecule has 120 valence electrons. The van der Waals surface area contributed by atoms with Crippen molar-refractivity contribution >= 4 is 29.9 Å². The molecule has 5 heteroatoms. The third-order valence-corrected chi connectivity index (χ3v) is 8.15. The third-order valence-electron chi connectivity index (χ3n) is 4.65. The molecule has 3 rings (SSSR count). The topological polar surface area (TPSA) is 49.8 Å². The minimum absolute atomic E-state index is 0.00503. The highest BCUT2D eigenvalue weighted by Gasteiger charge is 2.41. The van der Waals surface area contributed by atoms with Crippen molar-refractivity contribution in [3.8, 4) is 11.5 Å². The van der Waals surface area contributed by atoms with Crippen molar-refractivity contribution in [2.45, 2.75) is 13.1 Å². The second-order valence-electron chi connectivity index (χ2n) is 6.62. The van der Waals surface area contributed by atoms with Crippen LogP contribution in [0.2, 0.25) is 13.1 Å². The molecule has 0 aromatic heterocycles. The first-order valence-corrected chi connectivity index (χ1v) is 10.6. The lowest BCUT2D eigenvalue weighted by atomic mass is 10.0. The number of methoxy groups -OCH3 is 1. The van der Waals surface area contributed by atoms with E-state index in [9.17, 15) is 9.90 Å². The smallest absolute Gasteiger partial charge is 0.192 e. The van der Waals surface area contributed by atoms with E-state index in [0.717, 1.165) is 21.6 Å². The molecule has 0 unspecified atom stereocenters. The zero-order chi connectivity index (χ0) is 16.9. The molecular formula is C18H21NO3Si. The lowest BCUT2D eigenvalue weighted by molar-refractivity contribution is 0.103. The highest BCUT2D eigenvalue weighted by molar-refractivity contribution is 7.03. The van der Waals surface area contributed by atoms with Crippen LogP contribution in [-0.4, -0.2) is 40.2 Å². The molecule has 4 nitrogen and oxygen atoms in total. The van der Waals surface area contributed by atoms with Crippen molar-refractivity contribution in [2.75, 3.05) is 26.1 Å². The number of aromatic hydroxyl groups is 1. The molecule has 23 heavy (non-hydrogen) atoms. The minimum atomic E-state index is -2.18. The summed E-state index contributed by atoms with van der Waals surface area (Å²) >= 11 is 0. The van der Waals surface area contributed by atoms with Gasteiger partial charge in [-0.15, -0.1) is 0 Å². The van der Waals surface area contributed by atoms with Gasteiger partial charge in [0, 0.05) is 36.1 Å². The number of benzene rings is 2. The molecule has 0 fully saturated rings. The molecule has 0 amide bonds. The van der Waals surface area contributed by atoms with Crippen LogP contribution >= 0.6 is 0 Å². The highest BCUT2D eigenvalue weighted by Crippen LogP contribution is 2.32. The first-order chi connectivity index (χ1) is 10.8. The standard InChI is InChI=1S/C18H21NO3Si/c1-19(2)11-6-7-12-15(10-11)23(4,5)18-13(16(12)21)8-9-14(20)17(18)22-3/h6-10,20H,1-5H3. The number of ketones is 1. The van der Waals surface area contributed by atoms with Gasteiger partial charge in [0.1, 0.15) is 8.07 Å². The summed E-state index contributed by atoms with van der Waals surface area (Å²) in [5, 5.41) is 12.1. The molecule has 0 spiro atoms. The molecule has 0 radical (unpaired) electrons. The van der Waals surface area contributed by atoms with Gasteiger partial charge >= 0.3 is 0 Å². The predicted octanol–water partition coefficient (Wildman–Crippen LogP) is 1.83. The molecule has 2 aromatic rings. The molecule has 0 aliphatic carbocycles. The second-order valence-corrected chi connectivity index (χ2v) is 10.9. The Labute approximate surface area is 137 Å². The van der Waals surface area contributed by atoms with Crippen LogP contribution in [0.1, 0.15) is 15.9 Å². The Bertz CT molecular complexity index is 812. The van der Waals surface area contributed by atoms with Crippen LogP contribution < -0.4 is 20.0 Å². The summed E-state index contributed by atoms with van der Waals surface area (Å²) in [4.78, 5) is 15.0. The molecule has 0 bridgehead atoms. The number of phenols is 1. The number of carbonyl (C=O) groups excluding carboxylic acids is 1. The molecular weight excluding hydrogens is 306 g/mol. The average Bonchev–Trinajstić information content (AvgIpc) is 2.52. The van der Waals surface area contributed by atoms with Gasteiger partial charge in [0.25, 0.3) is 0 Å². The lowest BCUT2D eigenvalue weighted by Crippen LogP contribution is -2.60. The van der Waals surface area contributed by atoms with E-state index in [1.807, 2.05) is 31.1 Å². The van der Waals surface area contributed by atoms with E-state index in [4.69, 9.17) is 4.74 Å². The van der Waals surface area contributed by atoms with E-state index < -0.39 is 8.07 Å². The normalized spacial score (nSPS) is 14.9. The van der Waals surface area contributed by atoms with Crippen LogP contribution in [0.5, 0.6) is 11.5 Å². The zero-order valence-corrected chi connectivity index (χ0v) is 15.1. The largest absolute Gasteiger partial charge is 0.504 e. The van der Waals surface area contributed by atoms with Gasteiger partial charge in [-0.25, -0.2) is 0 Å². The first kappa shape index (κ1) is 15.6. The number of ether oxygens (including phenoxy) is 1. The molecule has 1 N–H and O–H groups in total. The van der Waals surface area contributed by atoms with Gasteiger partial charge in [-0.05, 0) is 35.5 Å². The van der Waals surface area contributed by atoms with Crippen molar-refractivity contribution in [1.29, 1.82) is 0 Å². The first-order valence-electron chi connectivity index (χ1n) is 7.56. The number of hydrogen-bond donors (Lipinski definition) is 1. The van der Waals surface area contributed by atoms with Crippen molar-refractivity contribution < 1.29 is 14.6 Å². The Hall–Kier alpha value is -2.27. The summed E-state index contributed by atoms with van der Waals surface area (Å²) in [6.07, 6.45) is 0. The summed E-state index contributed by atoms with van der Waals surface area (Å²) in [6, 6.07) is 9.26. The number of carbonyl (C=O) groups is 1. The zero-order valence-electron chi connectivity index (χ0n) is 14.1. The van der Waals surface area contributed by atoms with Gasteiger partial charge in [0.05, 0.1) is 7.11 Å². The van der Waals surface area contributed by atoms with Crippen LogP contribution in [-0.2, 0) is 0 Å². The van der Waals surface area contributed by atoms with Crippen LogP contribution in [0, 0.1) is 0 Å². The maximum Gasteiger partial charge on any atom is 0.192 e. The van der Waals surface area contributed by atoms with E-state index in [2.05, 4.69) is 19.2 Å². The number of hydrogen-bond acceptors (Lipinski definition) is 4. The number of phenolic OH excluding ortho intramolecular Hbond substituents is 1. The quantitative estimate of drug-likeness (QED) is 0.855. The maximum absolute atomic E-state index is 12.9. The molecule has 0 saturated carbocycles. The van der Waals surface area contributed by atoms with E-state index in [1.54, 1.807) is 12.1 Å². The van der Waals surface area contributed by atoms with Crippen molar-refractivity contribution in [3.05, 3.63) is 41.5 Å². The fourth-order valence-electron chi connectivity index (χ4n) is 3.39. The Morgan fingerprint density at radius 1 is 1.09 bits per heavy atom. The van der Waals surface area contributed by atoms with Crippen LogP contribution in [0.15, 0.2) is 30.3 Å². The van der Waals surface area contributed by atoms with Gasteiger partial charge in [-0.3, -0.25) is 4.79 Å². The van der Waals surface area contributed by atoms with E-state index in [0.29, 0.717) is 11.3 Å². The Balaban J connectivity index is 2.35. The van der Waals surface area contributed by atoms with Crippen molar-refractivity contribution in [3.63, 3.8) is 0 Å². The SMILES string of the molecule is COc1c(O)ccc2c1[Si](C)(C)c1cc(N(C)C)ccc1C2=O. The van der Waals surface area contributed by atoms with Gasteiger partial charge in [0.15, 0.2) is 17.3 Å². The lowest BCUT2D eigenvalue weighted by Gasteiger charge is -2.34. The Morgan fingerprint density at radius 3 is 2.35 bits per heavy atom. The summed E-state index contributed by atoms with van der Waals surface area (Å²) in [5.41, 5.74) is 2.49. The fourth-order valence-corrected chi connectivity index (χ4v) is 6.71. The molecule has 1 aliphatic heterocycles. The second kappa shape index (κ2) is 5.13. The number of nitrogens with zero attached hydrogens (tertiary/aromatic N) is 1. The monoisotopic (exact) mass is 327 g/mol. The van der Waals surface area contributed by atoms with Crippen LogP contribution in [0.25, 0.3) is 0 Å². The minimum Gasteiger partial charge on any atom is -0.504 e. The Morgan fingerprint density at radius 2 is 1.74 bits per heavy atom.